The van der Waals surface area contributed by atoms with E-state index in [1.54, 1.807) is 18.3 Å². The number of hydrogen-bond acceptors (Lipinski definition) is 5. The van der Waals surface area contributed by atoms with Gasteiger partial charge in [-0.2, -0.15) is 9.78 Å². The third kappa shape index (κ3) is 3.23. The van der Waals surface area contributed by atoms with Crippen LogP contribution in [0.15, 0.2) is 59.5 Å². The molecule has 0 aliphatic carbocycles. The first-order valence-electron chi connectivity index (χ1n) is 10.2. The summed E-state index contributed by atoms with van der Waals surface area (Å²) in [4.78, 5) is 27.8. The zero-order valence-electron chi connectivity index (χ0n) is 17.4. The zero-order valence-corrected chi connectivity index (χ0v) is 17.4. The maximum absolute atomic E-state index is 13.0. The lowest BCUT2D eigenvalue weighted by atomic mass is 10.0. The van der Waals surface area contributed by atoms with Crippen LogP contribution < -0.4 is 11.0 Å². The fourth-order valence-electron chi connectivity index (χ4n) is 4.28. The summed E-state index contributed by atoms with van der Waals surface area (Å²) in [6.45, 7) is 5.22. The zero-order chi connectivity index (χ0) is 21.5. The molecule has 1 aromatic carbocycles. The highest BCUT2D eigenvalue weighted by molar-refractivity contribution is 5.84. The van der Waals surface area contributed by atoms with Gasteiger partial charge in [-0.1, -0.05) is 24.3 Å². The molecular weight excluding hydrogens is 394 g/mol. The summed E-state index contributed by atoms with van der Waals surface area (Å²) in [6.07, 6.45) is 1.69. The highest BCUT2D eigenvalue weighted by atomic mass is 16.2. The van der Waals surface area contributed by atoms with Crippen LogP contribution >= 0.6 is 0 Å². The predicted molar refractivity (Wildman–Crippen MR) is 115 cm³/mol. The molecule has 1 fully saturated rings. The molecule has 158 valence electrons. The SMILES string of the molecule is Cc1nn(-c2ccccc2)c(C)c1[C@H]1C(=O)NCCN1Cn1nc2ccccn2c1=O. The van der Waals surface area contributed by atoms with E-state index in [2.05, 4.69) is 10.4 Å². The third-order valence-electron chi connectivity index (χ3n) is 5.74. The molecule has 5 rings (SSSR count). The number of amides is 1. The van der Waals surface area contributed by atoms with E-state index in [0.717, 1.165) is 22.6 Å². The summed E-state index contributed by atoms with van der Waals surface area (Å²) in [5, 5.41) is 12.1. The number of benzene rings is 1. The molecule has 1 N–H and O–H groups in total. The second-order valence-corrected chi connectivity index (χ2v) is 7.69. The first kappa shape index (κ1) is 19.3. The smallest absolute Gasteiger partial charge is 0.351 e. The van der Waals surface area contributed by atoms with Crippen LogP contribution in [-0.4, -0.2) is 47.9 Å². The molecule has 1 atom stereocenters. The summed E-state index contributed by atoms with van der Waals surface area (Å²) in [6, 6.07) is 14.7. The van der Waals surface area contributed by atoms with Crippen molar-refractivity contribution in [3.05, 3.63) is 82.2 Å². The van der Waals surface area contributed by atoms with Gasteiger partial charge in [0, 0.05) is 30.5 Å². The number of hydrogen-bond donors (Lipinski definition) is 1. The Labute approximate surface area is 178 Å². The van der Waals surface area contributed by atoms with E-state index >= 15 is 0 Å². The number of pyridine rings is 1. The quantitative estimate of drug-likeness (QED) is 0.543. The summed E-state index contributed by atoms with van der Waals surface area (Å²) < 4.78 is 4.78. The van der Waals surface area contributed by atoms with E-state index in [1.807, 2.05) is 59.8 Å². The fourth-order valence-corrected chi connectivity index (χ4v) is 4.28. The van der Waals surface area contributed by atoms with Crippen LogP contribution in [0.3, 0.4) is 0 Å². The van der Waals surface area contributed by atoms with Gasteiger partial charge in [-0.3, -0.25) is 14.1 Å². The summed E-state index contributed by atoms with van der Waals surface area (Å²) in [7, 11) is 0. The minimum atomic E-state index is -0.553. The number of carbonyl (C=O) groups excluding carboxylic acids is 1. The number of aromatic nitrogens is 5. The molecule has 4 heterocycles. The number of aryl methyl sites for hydroxylation is 1. The van der Waals surface area contributed by atoms with E-state index < -0.39 is 6.04 Å². The van der Waals surface area contributed by atoms with Gasteiger partial charge < -0.3 is 5.32 Å². The van der Waals surface area contributed by atoms with Crippen LogP contribution in [0.5, 0.6) is 0 Å². The Balaban J connectivity index is 1.55. The van der Waals surface area contributed by atoms with Gasteiger partial charge >= 0.3 is 5.69 Å². The summed E-state index contributed by atoms with van der Waals surface area (Å²) >= 11 is 0. The molecule has 9 heteroatoms. The maximum atomic E-state index is 13.0. The Morgan fingerprint density at radius 3 is 2.58 bits per heavy atom. The third-order valence-corrected chi connectivity index (χ3v) is 5.74. The van der Waals surface area contributed by atoms with Gasteiger partial charge in [0.15, 0.2) is 5.65 Å². The number of carbonyl (C=O) groups is 1. The van der Waals surface area contributed by atoms with Crippen molar-refractivity contribution < 1.29 is 4.79 Å². The molecule has 4 aromatic rings. The molecule has 1 saturated heterocycles. The molecule has 0 unspecified atom stereocenters. The number of para-hydroxylation sites is 1. The van der Waals surface area contributed by atoms with E-state index in [4.69, 9.17) is 5.10 Å². The minimum absolute atomic E-state index is 0.0955. The first-order valence-corrected chi connectivity index (χ1v) is 10.2. The summed E-state index contributed by atoms with van der Waals surface area (Å²) in [5.41, 5.74) is 3.84. The van der Waals surface area contributed by atoms with Crippen molar-refractivity contribution in [2.75, 3.05) is 13.1 Å². The topological polar surface area (TPSA) is 89.5 Å². The maximum Gasteiger partial charge on any atom is 0.351 e. The van der Waals surface area contributed by atoms with Gasteiger partial charge in [0.05, 0.1) is 18.1 Å². The molecule has 9 nitrogen and oxygen atoms in total. The normalized spacial score (nSPS) is 17.2. The lowest BCUT2D eigenvalue weighted by Crippen LogP contribution is -2.51. The van der Waals surface area contributed by atoms with E-state index in [1.165, 1.54) is 9.08 Å². The van der Waals surface area contributed by atoms with Crippen LogP contribution in [0, 0.1) is 13.8 Å². The molecule has 1 aliphatic heterocycles. The van der Waals surface area contributed by atoms with Crippen molar-refractivity contribution in [2.24, 2.45) is 0 Å². The van der Waals surface area contributed by atoms with Gasteiger partial charge in [-0.15, -0.1) is 5.10 Å². The van der Waals surface area contributed by atoms with Gasteiger partial charge in [0.2, 0.25) is 5.91 Å². The molecular formula is C22H23N7O2. The van der Waals surface area contributed by atoms with Crippen LogP contribution in [0.4, 0.5) is 0 Å². The monoisotopic (exact) mass is 417 g/mol. The number of piperazine rings is 1. The second-order valence-electron chi connectivity index (χ2n) is 7.69. The molecule has 31 heavy (non-hydrogen) atoms. The second kappa shape index (κ2) is 7.51. The molecule has 0 bridgehead atoms. The Kier molecular flexibility index (Phi) is 4.67. The van der Waals surface area contributed by atoms with E-state index in [-0.39, 0.29) is 18.3 Å². The minimum Gasteiger partial charge on any atom is -0.353 e. The Morgan fingerprint density at radius 2 is 1.81 bits per heavy atom. The van der Waals surface area contributed by atoms with Gasteiger partial charge in [-0.05, 0) is 38.1 Å². The van der Waals surface area contributed by atoms with Crippen molar-refractivity contribution in [2.45, 2.75) is 26.6 Å². The lowest BCUT2D eigenvalue weighted by Gasteiger charge is -2.34. The van der Waals surface area contributed by atoms with E-state index in [9.17, 15) is 9.59 Å². The summed E-state index contributed by atoms with van der Waals surface area (Å²) in [5.74, 6) is -0.0955. The average molecular weight is 417 g/mol. The van der Waals surface area contributed by atoms with Crippen molar-refractivity contribution in [1.29, 1.82) is 0 Å². The molecule has 0 spiro atoms. The number of rotatable bonds is 4. The molecule has 0 saturated carbocycles. The van der Waals surface area contributed by atoms with Crippen LogP contribution in [0.1, 0.15) is 23.0 Å². The largest absolute Gasteiger partial charge is 0.353 e. The van der Waals surface area contributed by atoms with Gasteiger partial charge in [0.1, 0.15) is 6.04 Å². The predicted octanol–water partition coefficient (Wildman–Crippen LogP) is 1.43. The number of fused-ring (bicyclic) bond motifs is 1. The highest BCUT2D eigenvalue weighted by Gasteiger charge is 2.36. The van der Waals surface area contributed by atoms with Crippen molar-refractivity contribution >= 4 is 11.6 Å². The number of nitrogens with one attached hydrogen (secondary N) is 1. The lowest BCUT2D eigenvalue weighted by molar-refractivity contribution is -0.130. The Hall–Kier alpha value is -3.72. The molecule has 1 aliphatic rings. The van der Waals surface area contributed by atoms with Crippen molar-refractivity contribution in [1.82, 2.24) is 34.2 Å². The van der Waals surface area contributed by atoms with Crippen molar-refractivity contribution in [3.63, 3.8) is 0 Å². The standard InChI is InChI=1S/C22H23N7O2/c1-15-19(16(2)29(24-15)17-8-4-3-5-9-17)20-21(30)23-11-13-26(20)14-28-22(31)27-12-7-6-10-18(27)25-28/h3-10,12,20H,11,13-14H2,1-2H3,(H,23,30)/t20-/m0/s1. The van der Waals surface area contributed by atoms with Crippen LogP contribution in [-0.2, 0) is 11.5 Å². The average Bonchev–Trinajstić information content (AvgIpc) is 3.25. The number of nitrogens with zero attached hydrogens (tertiary/aromatic N) is 6. The fraction of sp³-hybridized carbons (Fsp3) is 0.273. The molecule has 1 amide bonds. The molecule has 3 aromatic heterocycles. The Bertz CT molecular complexity index is 1320. The first-order chi connectivity index (χ1) is 15.0. The van der Waals surface area contributed by atoms with Gasteiger partial charge in [-0.25, -0.2) is 9.48 Å². The van der Waals surface area contributed by atoms with Crippen LogP contribution in [0.25, 0.3) is 11.3 Å². The highest BCUT2D eigenvalue weighted by Crippen LogP contribution is 2.30. The van der Waals surface area contributed by atoms with Gasteiger partial charge in [0.25, 0.3) is 0 Å². The Morgan fingerprint density at radius 1 is 1.03 bits per heavy atom. The van der Waals surface area contributed by atoms with Crippen molar-refractivity contribution in [3.8, 4) is 5.69 Å². The molecule has 0 radical (unpaired) electrons. The van der Waals surface area contributed by atoms with Crippen LogP contribution in [0.2, 0.25) is 0 Å². The van der Waals surface area contributed by atoms with E-state index in [0.29, 0.717) is 18.7 Å².